The summed E-state index contributed by atoms with van der Waals surface area (Å²) in [6.07, 6.45) is 0.984. The zero-order chi connectivity index (χ0) is 12.4. The van der Waals surface area contributed by atoms with Crippen molar-refractivity contribution in [3.8, 4) is 5.75 Å². The van der Waals surface area contributed by atoms with Crippen LogP contribution in [0.4, 0.5) is 0 Å². The summed E-state index contributed by atoms with van der Waals surface area (Å²) in [5, 5.41) is 0. The second-order valence-electron chi connectivity index (χ2n) is 4.48. The summed E-state index contributed by atoms with van der Waals surface area (Å²) in [5.41, 5.74) is 5.37. The van der Waals surface area contributed by atoms with E-state index in [-0.39, 0.29) is 0 Å². The van der Waals surface area contributed by atoms with Gasteiger partial charge in [-0.05, 0) is 49.6 Å². The van der Waals surface area contributed by atoms with E-state index in [1.54, 1.807) is 7.11 Å². The molecular formula is C15H19NO. The molecule has 2 heteroatoms. The van der Waals surface area contributed by atoms with Crippen molar-refractivity contribution in [3.05, 3.63) is 52.8 Å². The van der Waals surface area contributed by atoms with Gasteiger partial charge < -0.3 is 9.30 Å². The second kappa shape index (κ2) is 4.66. The number of benzene rings is 1. The smallest absolute Gasteiger partial charge is 0.118 e. The normalized spacial score (nSPS) is 10.6. The highest BCUT2D eigenvalue weighted by Gasteiger charge is 2.06. The predicted molar refractivity (Wildman–Crippen MR) is 70.7 cm³/mol. The lowest BCUT2D eigenvalue weighted by molar-refractivity contribution is 0.414. The van der Waals surface area contributed by atoms with Crippen molar-refractivity contribution in [2.24, 2.45) is 7.05 Å². The molecule has 0 N–H and O–H groups in total. The number of rotatable bonds is 3. The number of nitrogens with zero attached hydrogens (tertiary/aromatic N) is 1. The minimum Gasteiger partial charge on any atom is -0.497 e. The van der Waals surface area contributed by atoms with E-state index in [1.165, 1.54) is 22.5 Å². The quantitative estimate of drug-likeness (QED) is 0.788. The number of aromatic nitrogens is 1. The Morgan fingerprint density at radius 2 is 1.76 bits per heavy atom. The van der Waals surface area contributed by atoms with Gasteiger partial charge in [-0.3, -0.25) is 0 Å². The number of aryl methyl sites for hydroxylation is 1. The van der Waals surface area contributed by atoms with E-state index < -0.39 is 0 Å². The third-order valence-corrected chi connectivity index (χ3v) is 3.43. The Labute approximate surface area is 103 Å². The maximum absolute atomic E-state index is 5.16. The van der Waals surface area contributed by atoms with Gasteiger partial charge in [0, 0.05) is 18.4 Å². The molecule has 17 heavy (non-hydrogen) atoms. The monoisotopic (exact) mass is 229 g/mol. The Morgan fingerprint density at radius 1 is 1.12 bits per heavy atom. The summed E-state index contributed by atoms with van der Waals surface area (Å²) in [6, 6.07) is 10.5. The van der Waals surface area contributed by atoms with Crippen LogP contribution < -0.4 is 4.74 Å². The summed E-state index contributed by atoms with van der Waals surface area (Å²) < 4.78 is 7.40. The molecule has 0 spiro atoms. The molecule has 0 saturated heterocycles. The van der Waals surface area contributed by atoms with E-state index in [4.69, 9.17) is 4.74 Å². The fourth-order valence-corrected chi connectivity index (χ4v) is 2.08. The second-order valence-corrected chi connectivity index (χ2v) is 4.48. The molecule has 0 fully saturated rings. The van der Waals surface area contributed by atoms with Gasteiger partial charge in [-0.1, -0.05) is 12.1 Å². The molecule has 0 radical (unpaired) electrons. The lowest BCUT2D eigenvalue weighted by atomic mass is 10.1. The molecule has 0 aliphatic carbocycles. The van der Waals surface area contributed by atoms with Crippen LogP contribution in [0.1, 0.15) is 22.5 Å². The van der Waals surface area contributed by atoms with Gasteiger partial charge in [-0.25, -0.2) is 0 Å². The molecule has 0 unspecified atom stereocenters. The summed E-state index contributed by atoms with van der Waals surface area (Å²) in [4.78, 5) is 0. The maximum atomic E-state index is 5.16. The van der Waals surface area contributed by atoms with E-state index in [1.807, 2.05) is 12.1 Å². The molecule has 1 aromatic heterocycles. The molecule has 2 nitrogen and oxygen atoms in total. The Morgan fingerprint density at radius 3 is 2.24 bits per heavy atom. The Bertz CT molecular complexity index is 508. The summed E-state index contributed by atoms with van der Waals surface area (Å²) in [7, 11) is 3.81. The van der Waals surface area contributed by atoms with Gasteiger partial charge in [0.05, 0.1) is 7.11 Å². The number of ether oxygens (including phenoxy) is 1. The third kappa shape index (κ3) is 2.36. The van der Waals surface area contributed by atoms with Crippen LogP contribution in [0.25, 0.3) is 0 Å². The van der Waals surface area contributed by atoms with E-state index in [0.29, 0.717) is 0 Å². The zero-order valence-electron chi connectivity index (χ0n) is 10.9. The van der Waals surface area contributed by atoms with Crippen molar-refractivity contribution in [2.75, 3.05) is 7.11 Å². The van der Waals surface area contributed by atoms with Crippen molar-refractivity contribution in [1.82, 2.24) is 4.57 Å². The van der Waals surface area contributed by atoms with Crippen molar-refractivity contribution < 1.29 is 4.74 Å². The molecule has 0 aliphatic heterocycles. The van der Waals surface area contributed by atoms with Crippen molar-refractivity contribution in [2.45, 2.75) is 20.3 Å². The van der Waals surface area contributed by atoms with Crippen LogP contribution in [-0.4, -0.2) is 11.7 Å². The lowest BCUT2D eigenvalue weighted by Gasteiger charge is -2.04. The average molecular weight is 229 g/mol. The standard InChI is InChI=1S/C15H19NO/c1-11-9-14(12(2)16(11)3)10-13-5-7-15(17-4)8-6-13/h5-9H,10H2,1-4H3. The van der Waals surface area contributed by atoms with Crippen molar-refractivity contribution >= 4 is 0 Å². The molecule has 2 rings (SSSR count). The first-order valence-electron chi connectivity index (χ1n) is 5.86. The first kappa shape index (κ1) is 11.8. The highest BCUT2D eigenvalue weighted by atomic mass is 16.5. The SMILES string of the molecule is COc1ccc(Cc2cc(C)n(C)c2C)cc1. The topological polar surface area (TPSA) is 14.2 Å². The van der Waals surface area contributed by atoms with Gasteiger partial charge in [0.2, 0.25) is 0 Å². The Hall–Kier alpha value is -1.70. The molecule has 0 saturated carbocycles. The minimum absolute atomic E-state index is 0.912. The van der Waals surface area contributed by atoms with Gasteiger partial charge in [0.25, 0.3) is 0 Å². The van der Waals surface area contributed by atoms with Crippen LogP contribution in [0.2, 0.25) is 0 Å². The first-order chi connectivity index (χ1) is 8.11. The van der Waals surface area contributed by atoms with Crippen molar-refractivity contribution in [1.29, 1.82) is 0 Å². The third-order valence-electron chi connectivity index (χ3n) is 3.43. The van der Waals surface area contributed by atoms with Crippen LogP contribution >= 0.6 is 0 Å². The molecular weight excluding hydrogens is 210 g/mol. The number of hydrogen-bond acceptors (Lipinski definition) is 1. The Kier molecular flexibility index (Phi) is 3.23. The molecule has 90 valence electrons. The lowest BCUT2D eigenvalue weighted by Crippen LogP contribution is -1.95. The molecule has 0 bridgehead atoms. The summed E-state index contributed by atoms with van der Waals surface area (Å²) in [6.45, 7) is 4.32. The van der Waals surface area contributed by atoms with Gasteiger partial charge >= 0.3 is 0 Å². The van der Waals surface area contributed by atoms with Crippen LogP contribution in [0.5, 0.6) is 5.75 Å². The first-order valence-corrected chi connectivity index (χ1v) is 5.86. The maximum Gasteiger partial charge on any atom is 0.118 e. The molecule has 2 aromatic rings. The molecule has 0 amide bonds. The van der Waals surface area contributed by atoms with E-state index in [2.05, 4.69) is 43.7 Å². The van der Waals surface area contributed by atoms with Crippen LogP contribution in [0.15, 0.2) is 30.3 Å². The number of hydrogen-bond donors (Lipinski definition) is 0. The van der Waals surface area contributed by atoms with Crippen LogP contribution in [-0.2, 0) is 13.5 Å². The van der Waals surface area contributed by atoms with Crippen LogP contribution in [0.3, 0.4) is 0 Å². The number of methoxy groups -OCH3 is 1. The average Bonchev–Trinajstić information content (AvgIpc) is 2.58. The van der Waals surface area contributed by atoms with E-state index >= 15 is 0 Å². The zero-order valence-corrected chi connectivity index (χ0v) is 10.9. The predicted octanol–water partition coefficient (Wildman–Crippen LogP) is 3.24. The highest BCUT2D eigenvalue weighted by Crippen LogP contribution is 2.19. The Balaban J connectivity index is 2.22. The minimum atomic E-state index is 0.912. The molecule has 1 heterocycles. The van der Waals surface area contributed by atoms with E-state index in [9.17, 15) is 0 Å². The molecule has 0 atom stereocenters. The fourth-order valence-electron chi connectivity index (χ4n) is 2.08. The van der Waals surface area contributed by atoms with Gasteiger partial charge in [0.15, 0.2) is 0 Å². The fraction of sp³-hybridized carbons (Fsp3) is 0.333. The largest absolute Gasteiger partial charge is 0.497 e. The highest BCUT2D eigenvalue weighted by molar-refractivity contribution is 5.34. The summed E-state index contributed by atoms with van der Waals surface area (Å²) in [5.74, 6) is 0.912. The van der Waals surface area contributed by atoms with Crippen molar-refractivity contribution in [3.63, 3.8) is 0 Å². The molecule has 1 aromatic carbocycles. The molecule has 0 aliphatic rings. The van der Waals surface area contributed by atoms with Gasteiger partial charge in [0.1, 0.15) is 5.75 Å². The summed E-state index contributed by atoms with van der Waals surface area (Å²) >= 11 is 0. The van der Waals surface area contributed by atoms with Gasteiger partial charge in [-0.2, -0.15) is 0 Å². The van der Waals surface area contributed by atoms with Crippen LogP contribution in [0, 0.1) is 13.8 Å². The van der Waals surface area contributed by atoms with E-state index in [0.717, 1.165) is 12.2 Å². The van der Waals surface area contributed by atoms with Gasteiger partial charge in [-0.15, -0.1) is 0 Å².